The highest BCUT2D eigenvalue weighted by molar-refractivity contribution is 6.30. The third-order valence-electron chi connectivity index (χ3n) is 5.42. The molecular weight excluding hydrogens is 378 g/mol. The maximum atomic E-state index is 12.6. The summed E-state index contributed by atoms with van der Waals surface area (Å²) in [6.45, 7) is 5.36. The Morgan fingerprint density at radius 3 is 2.79 bits per heavy atom. The van der Waals surface area contributed by atoms with Crippen molar-refractivity contribution < 1.29 is 14.3 Å². The molecule has 1 aromatic heterocycles. The van der Waals surface area contributed by atoms with E-state index >= 15 is 0 Å². The summed E-state index contributed by atoms with van der Waals surface area (Å²) in [7, 11) is 1.67. The van der Waals surface area contributed by atoms with Crippen molar-refractivity contribution in [3.8, 4) is 5.69 Å². The van der Waals surface area contributed by atoms with Crippen LogP contribution in [0.5, 0.6) is 0 Å². The van der Waals surface area contributed by atoms with Crippen LogP contribution in [0, 0.1) is 5.41 Å². The number of piperidine rings is 1. The Morgan fingerprint density at radius 1 is 1.32 bits per heavy atom. The predicted molar refractivity (Wildman–Crippen MR) is 109 cm³/mol. The minimum Gasteiger partial charge on any atom is -0.466 e. The zero-order chi connectivity index (χ0) is 20.0. The van der Waals surface area contributed by atoms with Gasteiger partial charge in [-0.3, -0.25) is 9.69 Å². The van der Waals surface area contributed by atoms with Crippen molar-refractivity contribution in [1.29, 1.82) is 0 Å². The number of benzene rings is 1. The minimum absolute atomic E-state index is 0.0829. The van der Waals surface area contributed by atoms with E-state index in [1.54, 1.807) is 7.11 Å². The average molecular weight is 406 g/mol. The molecule has 0 atom stereocenters. The van der Waals surface area contributed by atoms with Crippen LogP contribution in [0.4, 0.5) is 0 Å². The molecule has 0 amide bonds. The maximum absolute atomic E-state index is 12.6. The van der Waals surface area contributed by atoms with Crippen LogP contribution in [0.2, 0.25) is 5.02 Å². The van der Waals surface area contributed by atoms with Gasteiger partial charge in [-0.25, -0.2) is 4.68 Å². The molecule has 7 heteroatoms. The summed E-state index contributed by atoms with van der Waals surface area (Å²) >= 11 is 6.07. The Balaban J connectivity index is 1.61. The standard InChI is InChI=1S/C21H28ClN3O3/c1-3-28-20(26)21(9-12-27-2)7-10-24(11-8-21)15-17-14-23-25(16-17)19-6-4-5-18(22)13-19/h4-6,13-14,16H,3,7-12,15H2,1-2H3. The Labute approximate surface area is 171 Å². The topological polar surface area (TPSA) is 56.6 Å². The van der Waals surface area contributed by atoms with E-state index in [-0.39, 0.29) is 5.97 Å². The van der Waals surface area contributed by atoms with Gasteiger partial charge in [0.1, 0.15) is 0 Å². The van der Waals surface area contributed by atoms with Gasteiger partial charge in [0.15, 0.2) is 0 Å². The molecule has 0 N–H and O–H groups in total. The molecule has 6 nitrogen and oxygen atoms in total. The molecule has 0 unspecified atom stereocenters. The van der Waals surface area contributed by atoms with E-state index in [2.05, 4.69) is 10.00 Å². The number of carbonyl (C=O) groups excluding carboxylic acids is 1. The van der Waals surface area contributed by atoms with E-state index in [1.807, 2.05) is 48.3 Å². The molecule has 1 aliphatic heterocycles. The Bertz CT molecular complexity index is 785. The lowest BCUT2D eigenvalue weighted by Gasteiger charge is -2.39. The fourth-order valence-corrected chi connectivity index (χ4v) is 3.92. The Morgan fingerprint density at radius 2 is 2.11 bits per heavy atom. The van der Waals surface area contributed by atoms with E-state index < -0.39 is 5.41 Å². The minimum atomic E-state index is -0.423. The number of likely N-dealkylation sites (tertiary alicyclic amines) is 1. The van der Waals surface area contributed by atoms with Crippen LogP contribution >= 0.6 is 11.6 Å². The highest BCUT2D eigenvalue weighted by atomic mass is 35.5. The zero-order valence-corrected chi connectivity index (χ0v) is 17.3. The van der Waals surface area contributed by atoms with Crippen molar-refractivity contribution in [1.82, 2.24) is 14.7 Å². The molecule has 0 saturated carbocycles. The molecule has 0 radical (unpaired) electrons. The van der Waals surface area contributed by atoms with Crippen molar-refractivity contribution in [2.75, 3.05) is 33.4 Å². The van der Waals surface area contributed by atoms with Gasteiger partial charge in [0.05, 0.1) is 23.9 Å². The largest absolute Gasteiger partial charge is 0.466 e. The number of methoxy groups -OCH3 is 1. The molecule has 1 aliphatic rings. The van der Waals surface area contributed by atoms with Crippen LogP contribution in [0.25, 0.3) is 5.69 Å². The van der Waals surface area contributed by atoms with E-state index in [0.29, 0.717) is 24.7 Å². The molecule has 1 saturated heterocycles. The molecule has 1 fully saturated rings. The van der Waals surface area contributed by atoms with Crippen molar-refractivity contribution in [3.05, 3.63) is 47.2 Å². The van der Waals surface area contributed by atoms with E-state index in [9.17, 15) is 4.79 Å². The molecule has 3 rings (SSSR count). The van der Waals surface area contributed by atoms with Gasteiger partial charge in [-0.15, -0.1) is 0 Å². The van der Waals surface area contributed by atoms with Crippen LogP contribution in [0.3, 0.4) is 0 Å². The molecule has 0 spiro atoms. The second-order valence-corrected chi connectivity index (χ2v) is 7.73. The van der Waals surface area contributed by atoms with Crippen LogP contribution in [-0.4, -0.2) is 54.1 Å². The molecule has 0 aliphatic carbocycles. The average Bonchev–Trinajstić information content (AvgIpc) is 3.16. The van der Waals surface area contributed by atoms with Gasteiger partial charge in [0, 0.05) is 37.0 Å². The third kappa shape index (κ3) is 4.93. The molecule has 152 valence electrons. The van der Waals surface area contributed by atoms with Gasteiger partial charge in [-0.2, -0.15) is 5.10 Å². The van der Waals surface area contributed by atoms with Gasteiger partial charge in [-0.05, 0) is 57.5 Å². The van der Waals surface area contributed by atoms with Gasteiger partial charge in [0.25, 0.3) is 0 Å². The van der Waals surface area contributed by atoms with Crippen LogP contribution in [-0.2, 0) is 20.8 Å². The van der Waals surface area contributed by atoms with E-state index in [0.717, 1.165) is 43.7 Å². The summed E-state index contributed by atoms with van der Waals surface area (Å²) in [6, 6.07) is 7.64. The smallest absolute Gasteiger partial charge is 0.312 e. The first kappa shape index (κ1) is 20.8. The van der Waals surface area contributed by atoms with E-state index in [1.165, 1.54) is 0 Å². The first-order valence-corrected chi connectivity index (χ1v) is 10.1. The lowest BCUT2D eigenvalue weighted by molar-refractivity contribution is -0.160. The van der Waals surface area contributed by atoms with Gasteiger partial charge in [0.2, 0.25) is 0 Å². The molecule has 0 bridgehead atoms. The number of nitrogens with zero attached hydrogens (tertiary/aromatic N) is 3. The van der Waals surface area contributed by atoms with Crippen LogP contribution < -0.4 is 0 Å². The lowest BCUT2D eigenvalue weighted by Crippen LogP contribution is -2.45. The summed E-state index contributed by atoms with van der Waals surface area (Å²) in [4.78, 5) is 14.9. The summed E-state index contributed by atoms with van der Waals surface area (Å²) in [5.74, 6) is -0.0829. The first-order valence-electron chi connectivity index (χ1n) is 9.74. The van der Waals surface area contributed by atoms with Crippen molar-refractivity contribution in [2.45, 2.75) is 32.7 Å². The molecule has 2 heterocycles. The fraction of sp³-hybridized carbons (Fsp3) is 0.524. The Kier molecular flexibility index (Phi) is 7.10. The number of hydrogen-bond acceptors (Lipinski definition) is 5. The second kappa shape index (κ2) is 9.54. The van der Waals surface area contributed by atoms with Crippen LogP contribution in [0.15, 0.2) is 36.7 Å². The monoisotopic (exact) mass is 405 g/mol. The number of hydrogen-bond donors (Lipinski definition) is 0. The van der Waals surface area contributed by atoms with Gasteiger partial charge < -0.3 is 9.47 Å². The summed E-state index contributed by atoms with van der Waals surface area (Å²) in [5, 5.41) is 5.15. The fourth-order valence-electron chi connectivity index (χ4n) is 3.74. The maximum Gasteiger partial charge on any atom is 0.312 e. The zero-order valence-electron chi connectivity index (χ0n) is 16.6. The van der Waals surface area contributed by atoms with Gasteiger partial charge in [-0.1, -0.05) is 17.7 Å². The number of rotatable bonds is 8. The molecular formula is C21H28ClN3O3. The van der Waals surface area contributed by atoms with E-state index in [4.69, 9.17) is 21.1 Å². The molecule has 28 heavy (non-hydrogen) atoms. The summed E-state index contributed by atoms with van der Waals surface area (Å²) < 4.78 is 12.4. The SMILES string of the molecule is CCOC(=O)C1(CCOC)CCN(Cc2cnn(-c3cccc(Cl)c3)c2)CC1. The predicted octanol–water partition coefficient (Wildman–Crippen LogP) is 3.71. The normalized spacial score (nSPS) is 16.8. The number of halogens is 1. The quantitative estimate of drug-likeness (QED) is 0.626. The lowest BCUT2D eigenvalue weighted by atomic mass is 9.75. The Hall–Kier alpha value is -1.89. The third-order valence-corrected chi connectivity index (χ3v) is 5.66. The highest BCUT2D eigenvalue weighted by Crippen LogP contribution is 2.37. The highest BCUT2D eigenvalue weighted by Gasteiger charge is 2.42. The number of ether oxygens (including phenoxy) is 2. The second-order valence-electron chi connectivity index (χ2n) is 7.29. The molecule has 2 aromatic rings. The summed E-state index contributed by atoms with van der Waals surface area (Å²) in [5.41, 5.74) is 1.66. The number of esters is 1. The van der Waals surface area contributed by atoms with Crippen molar-refractivity contribution >= 4 is 17.6 Å². The van der Waals surface area contributed by atoms with Gasteiger partial charge >= 0.3 is 5.97 Å². The summed E-state index contributed by atoms with van der Waals surface area (Å²) in [6.07, 6.45) is 6.21. The first-order chi connectivity index (χ1) is 13.6. The van der Waals surface area contributed by atoms with Crippen molar-refractivity contribution in [3.63, 3.8) is 0 Å². The number of carbonyl (C=O) groups is 1. The van der Waals surface area contributed by atoms with Crippen molar-refractivity contribution in [2.24, 2.45) is 5.41 Å². The number of aromatic nitrogens is 2. The van der Waals surface area contributed by atoms with Crippen LogP contribution in [0.1, 0.15) is 31.7 Å². The molecule has 1 aromatic carbocycles.